The van der Waals surface area contributed by atoms with Crippen molar-refractivity contribution < 1.29 is 14.6 Å². The first kappa shape index (κ1) is 19.8. The molecule has 1 aliphatic rings. The van der Waals surface area contributed by atoms with Crippen molar-refractivity contribution in [2.75, 3.05) is 59.7 Å². The number of ether oxygens (including phenoxy) is 2. The molecule has 1 rings (SSSR count). The maximum atomic E-state index is 9.87. The van der Waals surface area contributed by atoms with Gasteiger partial charge in [0.2, 0.25) is 0 Å². The van der Waals surface area contributed by atoms with Gasteiger partial charge >= 0.3 is 0 Å². The van der Waals surface area contributed by atoms with E-state index in [4.69, 9.17) is 9.47 Å². The standard InChI is InChI=1S/C17H36N2O3/c1-6-18(5)11-16(20)12-22-14-17(3,4)13-21-9-7-8-19-10-15(19)2/h15-16,20H,6-14H2,1-5H3. The predicted molar refractivity (Wildman–Crippen MR) is 90.2 cm³/mol. The second-order valence-corrected chi connectivity index (χ2v) is 7.44. The van der Waals surface area contributed by atoms with Gasteiger partial charge < -0.3 is 19.5 Å². The van der Waals surface area contributed by atoms with Crippen molar-refractivity contribution in [1.29, 1.82) is 0 Å². The molecule has 5 nitrogen and oxygen atoms in total. The van der Waals surface area contributed by atoms with Crippen LogP contribution in [0.3, 0.4) is 0 Å². The summed E-state index contributed by atoms with van der Waals surface area (Å²) >= 11 is 0. The van der Waals surface area contributed by atoms with Gasteiger partial charge in [0.25, 0.3) is 0 Å². The number of aliphatic hydroxyl groups excluding tert-OH is 1. The Morgan fingerprint density at radius 2 is 1.95 bits per heavy atom. The summed E-state index contributed by atoms with van der Waals surface area (Å²) in [6.45, 7) is 15.1. The van der Waals surface area contributed by atoms with E-state index in [1.165, 1.54) is 6.54 Å². The Kier molecular flexibility index (Phi) is 8.87. The van der Waals surface area contributed by atoms with Crippen molar-refractivity contribution in [2.24, 2.45) is 5.41 Å². The van der Waals surface area contributed by atoms with Gasteiger partial charge in [0.15, 0.2) is 0 Å². The lowest BCUT2D eigenvalue weighted by Gasteiger charge is -2.25. The number of likely N-dealkylation sites (N-methyl/N-ethyl adjacent to an activating group) is 1. The summed E-state index contributed by atoms with van der Waals surface area (Å²) in [5.41, 5.74) is -0.0104. The van der Waals surface area contributed by atoms with Crippen LogP contribution in [0.15, 0.2) is 0 Å². The molecule has 0 saturated carbocycles. The van der Waals surface area contributed by atoms with Gasteiger partial charge in [-0.3, -0.25) is 4.90 Å². The molecular weight excluding hydrogens is 280 g/mol. The van der Waals surface area contributed by atoms with Gasteiger partial charge in [-0.15, -0.1) is 0 Å². The molecule has 1 saturated heterocycles. The van der Waals surface area contributed by atoms with Crippen molar-refractivity contribution in [3.05, 3.63) is 0 Å². The fourth-order valence-corrected chi connectivity index (χ4v) is 2.38. The van der Waals surface area contributed by atoms with E-state index in [-0.39, 0.29) is 5.41 Å². The van der Waals surface area contributed by atoms with E-state index in [0.717, 1.165) is 32.2 Å². The molecule has 0 radical (unpaired) electrons. The molecule has 3 unspecified atom stereocenters. The Hall–Kier alpha value is -0.200. The van der Waals surface area contributed by atoms with E-state index in [9.17, 15) is 5.11 Å². The molecule has 1 fully saturated rings. The minimum Gasteiger partial charge on any atom is -0.389 e. The minimum atomic E-state index is -0.420. The lowest BCUT2D eigenvalue weighted by atomic mass is 9.96. The summed E-state index contributed by atoms with van der Waals surface area (Å²) in [6, 6.07) is 0.781. The molecular formula is C17H36N2O3. The maximum absolute atomic E-state index is 9.87. The Bertz CT molecular complexity index is 300. The van der Waals surface area contributed by atoms with Crippen molar-refractivity contribution in [1.82, 2.24) is 9.80 Å². The highest BCUT2D eigenvalue weighted by molar-refractivity contribution is 4.83. The van der Waals surface area contributed by atoms with Gasteiger partial charge in [-0.2, -0.15) is 0 Å². The third-order valence-corrected chi connectivity index (χ3v) is 4.08. The first-order valence-electron chi connectivity index (χ1n) is 8.60. The molecule has 1 N–H and O–H groups in total. The normalized spacial score (nSPS) is 23.0. The van der Waals surface area contributed by atoms with Crippen LogP contribution in [0.4, 0.5) is 0 Å². The molecule has 0 spiro atoms. The summed E-state index contributed by atoms with van der Waals surface area (Å²) < 4.78 is 11.4. The highest BCUT2D eigenvalue weighted by Crippen LogP contribution is 2.18. The van der Waals surface area contributed by atoms with Crippen LogP contribution in [0.1, 0.15) is 34.1 Å². The second-order valence-electron chi connectivity index (χ2n) is 7.44. The van der Waals surface area contributed by atoms with Crippen LogP contribution in [0.5, 0.6) is 0 Å². The van der Waals surface area contributed by atoms with Crippen molar-refractivity contribution >= 4 is 0 Å². The van der Waals surface area contributed by atoms with Gasteiger partial charge in [0.1, 0.15) is 0 Å². The zero-order valence-electron chi connectivity index (χ0n) is 15.2. The largest absolute Gasteiger partial charge is 0.389 e. The third-order valence-electron chi connectivity index (χ3n) is 4.08. The maximum Gasteiger partial charge on any atom is 0.0900 e. The van der Waals surface area contributed by atoms with Crippen LogP contribution < -0.4 is 0 Å². The van der Waals surface area contributed by atoms with E-state index >= 15 is 0 Å². The Morgan fingerprint density at radius 1 is 1.32 bits per heavy atom. The lowest BCUT2D eigenvalue weighted by Crippen LogP contribution is -2.34. The number of rotatable bonds is 13. The zero-order chi connectivity index (χ0) is 16.6. The van der Waals surface area contributed by atoms with Crippen molar-refractivity contribution in [3.8, 4) is 0 Å². The van der Waals surface area contributed by atoms with Gasteiger partial charge in [0.05, 0.1) is 25.9 Å². The summed E-state index contributed by atoms with van der Waals surface area (Å²) in [5, 5.41) is 9.87. The minimum absolute atomic E-state index is 0.0104. The molecule has 132 valence electrons. The van der Waals surface area contributed by atoms with Crippen molar-refractivity contribution in [2.45, 2.75) is 46.3 Å². The topological polar surface area (TPSA) is 44.9 Å². The van der Waals surface area contributed by atoms with Crippen molar-refractivity contribution in [3.63, 3.8) is 0 Å². The molecule has 22 heavy (non-hydrogen) atoms. The lowest BCUT2D eigenvalue weighted by molar-refractivity contribution is -0.0354. The number of nitrogens with zero attached hydrogens (tertiary/aromatic N) is 2. The summed E-state index contributed by atoms with van der Waals surface area (Å²) in [6.07, 6.45) is 0.680. The molecule has 0 aromatic heterocycles. The average molecular weight is 316 g/mol. The first-order chi connectivity index (χ1) is 10.3. The molecule has 1 aliphatic heterocycles. The Labute approximate surface area is 136 Å². The second kappa shape index (κ2) is 9.83. The van der Waals surface area contributed by atoms with Crippen LogP contribution in [-0.4, -0.2) is 86.7 Å². The van der Waals surface area contributed by atoms with E-state index in [0.29, 0.717) is 26.4 Å². The van der Waals surface area contributed by atoms with Gasteiger partial charge in [-0.1, -0.05) is 20.8 Å². The van der Waals surface area contributed by atoms with Gasteiger partial charge in [0, 0.05) is 37.7 Å². The number of hydrogen-bond donors (Lipinski definition) is 1. The van der Waals surface area contributed by atoms with Crippen LogP contribution in [0.25, 0.3) is 0 Å². The highest BCUT2D eigenvalue weighted by Gasteiger charge is 2.27. The van der Waals surface area contributed by atoms with Gasteiger partial charge in [-0.25, -0.2) is 0 Å². The first-order valence-corrected chi connectivity index (χ1v) is 8.60. The molecule has 0 aromatic carbocycles. The van der Waals surface area contributed by atoms with Crippen LogP contribution in [-0.2, 0) is 9.47 Å². The predicted octanol–water partition coefficient (Wildman–Crippen LogP) is 1.45. The average Bonchev–Trinajstić information content (AvgIpc) is 3.13. The molecule has 1 heterocycles. The summed E-state index contributed by atoms with van der Waals surface area (Å²) in [4.78, 5) is 4.53. The third kappa shape index (κ3) is 9.06. The molecule has 0 bridgehead atoms. The van der Waals surface area contributed by atoms with Gasteiger partial charge in [-0.05, 0) is 26.9 Å². The van der Waals surface area contributed by atoms with E-state index in [1.807, 2.05) is 7.05 Å². The summed E-state index contributed by atoms with van der Waals surface area (Å²) in [7, 11) is 2.00. The summed E-state index contributed by atoms with van der Waals surface area (Å²) in [5.74, 6) is 0. The number of hydrogen-bond acceptors (Lipinski definition) is 5. The number of aliphatic hydroxyl groups is 1. The zero-order valence-corrected chi connectivity index (χ0v) is 15.2. The van der Waals surface area contributed by atoms with E-state index < -0.39 is 6.10 Å². The van der Waals surface area contributed by atoms with Crippen LogP contribution in [0.2, 0.25) is 0 Å². The van der Waals surface area contributed by atoms with E-state index in [2.05, 4.69) is 37.5 Å². The molecule has 3 atom stereocenters. The molecule has 0 amide bonds. The fourth-order valence-electron chi connectivity index (χ4n) is 2.38. The Balaban J connectivity index is 1.99. The fraction of sp³-hybridized carbons (Fsp3) is 1.00. The quantitative estimate of drug-likeness (QED) is 0.412. The molecule has 0 aliphatic carbocycles. The smallest absolute Gasteiger partial charge is 0.0900 e. The van der Waals surface area contributed by atoms with E-state index in [1.54, 1.807) is 0 Å². The van der Waals surface area contributed by atoms with Crippen LogP contribution >= 0.6 is 0 Å². The Morgan fingerprint density at radius 3 is 2.55 bits per heavy atom. The highest BCUT2D eigenvalue weighted by atomic mass is 16.5. The molecule has 5 heteroatoms. The molecule has 0 aromatic rings. The van der Waals surface area contributed by atoms with Crippen LogP contribution in [0, 0.1) is 5.41 Å². The SMILES string of the molecule is CCN(C)CC(O)COCC(C)(C)COCCCN1CC1C. The monoisotopic (exact) mass is 316 g/mol.